The van der Waals surface area contributed by atoms with Gasteiger partial charge in [0.05, 0.1) is 18.1 Å². The number of rotatable bonds is 2. The normalized spacial score (nSPS) is 26.7. The van der Waals surface area contributed by atoms with E-state index in [0.29, 0.717) is 0 Å². The third-order valence-corrected chi connectivity index (χ3v) is 5.47. The predicted molar refractivity (Wildman–Crippen MR) is 93.2 cm³/mol. The minimum absolute atomic E-state index is 0.247. The Bertz CT molecular complexity index is 707. The second-order valence-corrected chi connectivity index (χ2v) is 6.84. The Balaban J connectivity index is 1.87. The first-order chi connectivity index (χ1) is 12.6. The third-order valence-electron chi connectivity index (χ3n) is 5.47. The van der Waals surface area contributed by atoms with E-state index in [1.54, 1.807) is 7.11 Å². The summed E-state index contributed by atoms with van der Waals surface area (Å²) in [5.41, 5.74) is 0.392. The molecular weight excluding hydrogens is 336 g/mol. The van der Waals surface area contributed by atoms with Crippen LogP contribution in [0.3, 0.4) is 0 Å². The molecule has 0 aliphatic carbocycles. The van der Waals surface area contributed by atoms with Crippen LogP contribution < -0.4 is 10.2 Å². The fourth-order valence-electron chi connectivity index (χ4n) is 4.45. The monoisotopic (exact) mass is 358 g/mol. The highest BCUT2D eigenvalue weighted by molar-refractivity contribution is 5.93. The molecule has 0 bridgehead atoms. The fraction of sp³-hybridized carbons (Fsp3) is 0.474. The Morgan fingerprint density at radius 2 is 1.69 bits per heavy atom. The number of ether oxygens (including phenoxy) is 3. The minimum Gasteiger partial charge on any atom is -0.400 e. The van der Waals surface area contributed by atoms with Crippen molar-refractivity contribution in [1.29, 1.82) is 0 Å². The van der Waals surface area contributed by atoms with Gasteiger partial charge in [-0.05, 0) is 38.1 Å². The summed E-state index contributed by atoms with van der Waals surface area (Å²) in [6.45, 7) is 1.61. The van der Waals surface area contributed by atoms with Crippen LogP contribution in [0.25, 0.3) is 0 Å². The first-order valence-corrected chi connectivity index (χ1v) is 8.83. The zero-order valence-corrected chi connectivity index (χ0v) is 14.6. The van der Waals surface area contributed by atoms with Crippen LogP contribution in [0.4, 0.5) is 5.69 Å². The first-order valence-electron chi connectivity index (χ1n) is 8.83. The summed E-state index contributed by atoms with van der Waals surface area (Å²) in [4.78, 5) is 26.4. The topological polar surface area (TPSA) is 77.1 Å². The summed E-state index contributed by atoms with van der Waals surface area (Å²) in [6.07, 6.45) is 3.79. The van der Waals surface area contributed by atoms with Gasteiger partial charge >= 0.3 is 17.8 Å². The number of benzene rings is 1. The Hall–Kier alpha value is -2.38. The van der Waals surface area contributed by atoms with Crippen LogP contribution in [0.2, 0.25) is 0 Å². The maximum Gasteiger partial charge on any atom is 0.346 e. The van der Waals surface area contributed by atoms with Crippen molar-refractivity contribution >= 4 is 17.6 Å². The van der Waals surface area contributed by atoms with E-state index in [-0.39, 0.29) is 12.5 Å². The quantitative estimate of drug-likeness (QED) is 0.800. The van der Waals surface area contributed by atoms with E-state index in [1.807, 2.05) is 35.2 Å². The number of hydrogen-bond donors (Lipinski definition) is 1. The largest absolute Gasteiger partial charge is 0.400 e. The van der Waals surface area contributed by atoms with Crippen LogP contribution in [-0.4, -0.2) is 49.7 Å². The summed E-state index contributed by atoms with van der Waals surface area (Å²) in [7, 11) is 1.65. The number of methoxy groups -OCH3 is 1. The predicted octanol–water partition coefficient (Wildman–Crippen LogP) is 1.34. The summed E-state index contributed by atoms with van der Waals surface area (Å²) >= 11 is 0. The van der Waals surface area contributed by atoms with Crippen LogP contribution in [0.5, 0.6) is 0 Å². The summed E-state index contributed by atoms with van der Waals surface area (Å²) < 4.78 is 17.2. The lowest BCUT2D eigenvalue weighted by atomic mass is 9.83. The summed E-state index contributed by atoms with van der Waals surface area (Å²) in [6, 6.07) is 9.61. The standard InChI is InChI=1S/C19H22N2O5/c1-24-15-13-19(25-16(22)7-8-17(23)26-19)21(14-5-3-2-4-6-14)18(15)9-11-20-12-10-18/h2-8,15,20H,9-13H2,1H3. The Labute approximate surface area is 151 Å². The van der Waals surface area contributed by atoms with Gasteiger partial charge in [-0.3, -0.25) is 4.90 Å². The molecule has 0 radical (unpaired) electrons. The third kappa shape index (κ3) is 2.59. The number of piperidine rings is 1. The van der Waals surface area contributed by atoms with E-state index in [1.165, 1.54) is 0 Å². The van der Waals surface area contributed by atoms with Crippen LogP contribution >= 0.6 is 0 Å². The average molecular weight is 358 g/mol. The number of nitrogens with one attached hydrogen (secondary N) is 1. The second-order valence-electron chi connectivity index (χ2n) is 6.84. The van der Waals surface area contributed by atoms with Gasteiger partial charge in [-0.2, -0.15) is 0 Å². The summed E-state index contributed by atoms with van der Waals surface area (Å²) in [5.74, 6) is -2.72. The SMILES string of the molecule is COC1CC2(OC(=O)C=CC(=O)O2)N(c2ccccc2)C12CCNCC2. The van der Waals surface area contributed by atoms with Gasteiger partial charge in [-0.25, -0.2) is 9.59 Å². The molecule has 2 saturated heterocycles. The number of carbonyl (C=O) groups excluding carboxylic acids is 2. The molecule has 2 spiro atoms. The van der Waals surface area contributed by atoms with Gasteiger partial charge in [0.15, 0.2) is 0 Å². The Kier molecular flexibility index (Phi) is 4.20. The van der Waals surface area contributed by atoms with Crippen molar-refractivity contribution in [3.63, 3.8) is 0 Å². The lowest BCUT2D eigenvalue weighted by Gasteiger charge is -2.48. The van der Waals surface area contributed by atoms with Crippen molar-refractivity contribution < 1.29 is 23.8 Å². The van der Waals surface area contributed by atoms with Crippen molar-refractivity contribution in [3.05, 3.63) is 42.5 Å². The van der Waals surface area contributed by atoms with E-state index in [4.69, 9.17) is 14.2 Å². The maximum absolute atomic E-state index is 12.2. The van der Waals surface area contributed by atoms with E-state index in [2.05, 4.69) is 5.32 Å². The van der Waals surface area contributed by atoms with E-state index >= 15 is 0 Å². The van der Waals surface area contributed by atoms with Gasteiger partial charge in [0.2, 0.25) is 0 Å². The Morgan fingerprint density at radius 3 is 2.27 bits per heavy atom. The van der Waals surface area contributed by atoms with Crippen LogP contribution in [0.1, 0.15) is 19.3 Å². The van der Waals surface area contributed by atoms with Crippen LogP contribution in [0, 0.1) is 0 Å². The zero-order valence-electron chi connectivity index (χ0n) is 14.6. The highest BCUT2D eigenvalue weighted by Gasteiger charge is 2.66. The first kappa shape index (κ1) is 17.1. The second kappa shape index (κ2) is 6.41. The van der Waals surface area contributed by atoms with Crippen LogP contribution in [-0.2, 0) is 23.8 Å². The van der Waals surface area contributed by atoms with Crippen LogP contribution in [0.15, 0.2) is 42.5 Å². The number of hydrogen-bond acceptors (Lipinski definition) is 7. The van der Waals surface area contributed by atoms with Gasteiger partial charge in [0.25, 0.3) is 0 Å². The van der Waals surface area contributed by atoms with Gasteiger partial charge in [-0.1, -0.05) is 18.2 Å². The molecule has 1 aromatic carbocycles. The fourth-order valence-corrected chi connectivity index (χ4v) is 4.45. The molecular formula is C19H22N2O5. The molecule has 0 amide bonds. The molecule has 7 heteroatoms. The van der Waals surface area contributed by atoms with E-state index in [0.717, 1.165) is 43.8 Å². The van der Waals surface area contributed by atoms with Gasteiger partial charge in [-0.15, -0.1) is 0 Å². The molecule has 0 saturated carbocycles. The van der Waals surface area contributed by atoms with Crippen molar-refractivity contribution in [2.24, 2.45) is 0 Å². The molecule has 3 heterocycles. The molecule has 1 aromatic rings. The molecule has 1 atom stereocenters. The number of para-hydroxylation sites is 1. The lowest BCUT2D eigenvalue weighted by Crippen LogP contribution is -2.62. The molecule has 0 aromatic heterocycles. The molecule has 26 heavy (non-hydrogen) atoms. The molecule has 7 nitrogen and oxygen atoms in total. The Morgan fingerprint density at radius 1 is 1.08 bits per heavy atom. The molecule has 138 valence electrons. The van der Waals surface area contributed by atoms with Crippen molar-refractivity contribution in [1.82, 2.24) is 5.32 Å². The molecule has 1 unspecified atom stereocenters. The maximum atomic E-state index is 12.2. The highest BCUT2D eigenvalue weighted by atomic mass is 16.8. The number of anilines is 1. The highest BCUT2D eigenvalue weighted by Crippen LogP contribution is 2.51. The molecule has 1 N–H and O–H groups in total. The van der Waals surface area contributed by atoms with E-state index < -0.39 is 23.4 Å². The van der Waals surface area contributed by atoms with Gasteiger partial charge < -0.3 is 19.5 Å². The zero-order chi connectivity index (χ0) is 18.2. The van der Waals surface area contributed by atoms with Crippen molar-refractivity contribution in [3.8, 4) is 0 Å². The molecule has 2 fully saturated rings. The van der Waals surface area contributed by atoms with Crippen molar-refractivity contribution in [2.75, 3.05) is 25.1 Å². The smallest absolute Gasteiger partial charge is 0.346 e. The molecule has 3 aliphatic heterocycles. The lowest BCUT2D eigenvalue weighted by molar-refractivity contribution is -0.219. The van der Waals surface area contributed by atoms with Gasteiger partial charge in [0.1, 0.15) is 0 Å². The molecule has 4 rings (SSSR count). The minimum atomic E-state index is -1.52. The number of esters is 2. The van der Waals surface area contributed by atoms with E-state index in [9.17, 15) is 9.59 Å². The number of nitrogens with zero attached hydrogens (tertiary/aromatic N) is 1. The van der Waals surface area contributed by atoms with Crippen molar-refractivity contribution in [2.45, 2.75) is 36.8 Å². The summed E-state index contributed by atoms with van der Waals surface area (Å²) in [5, 5.41) is 3.36. The number of carbonyl (C=O) groups is 2. The molecule has 3 aliphatic rings. The average Bonchev–Trinajstić information content (AvgIpc) is 2.79. The van der Waals surface area contributed by atoms with Gasteiger partial charge in [0, 0.05) is 24.9 Å².